The van der Waals surface area contributed by atoms with Crippen molar-refractivity contribution >= 4 is 11.8 Å². The number of nitrogens with one attached hydrogen (secondary N) is 1. The van der Waals surface area contributed by atoms with Crippen LogP contribution in [0.4, 0.5) is 0 Å². The van der Waals surface area contributed by atoms with E-state index in [0.717, 1.165) is 5.75 Å². The first kappa shape index (κ1) is 7.16. The molecular formula is C7H13NS. The average molecular weight is 143 g/mol. The molecule has 1 heterocycles. The van der Waals surface area contributed by atoms with E-state index >= 15 is 0 Å². The van der Waals surface area contributed by atoms with E-state index in [4.69, 9.17) is 0 Å². The van der Waals surface area contributed by atoms with Crippen LogP contribution in [-0.2, 0) is 0 Å². The number of thioether (sulfide) groups is 1. The van der Waals surface area contributed by atoms with Crippen LogP contribution >= 0.6 is 11.8 Å². The number of hydrogen-bond acceptors (Lipinski definition) is 2. The Kier molecular flexibility index (Phi) is 1.87. The van der Waals surface area contributed by atoms with Crippen molar-refractivity contribution in [1.82, 2.24) is 5.32 Å². The second-order valence-electron chi connectivity index (χ2n) is 2.81. The predicted octanol–water partition coefficient (Wildman–Crippen LogP) is 1.61. The third kappa shape index (κ3) is 1.73. The molecule has 1 atom stereocenters. The number of hydrogen-bond donors (Lipinski definition) is 1. The minimum Gasteiger partial charge on any atom is -0.296 e. The lowest BCUT2D eigenvalue weighted by Gasteiger charge is -2.16. The smallest absolute Gasteiger partial charge is 0.0593 e. The summed E-state index contributed by atoms with van der Waals surface area (Å²) < 4.78 is 0. The summed E-state index contributed by atoms with van der Waals surface area (Å²) in [6, 6.07) is 0.519. The van der Waals surface area contributed by atoms with Gasteiger partial charge in [0.1, 0.15) is 0 Å². The minimum atomic E-state index is 0.263. The lowest BCUT2D eigenvalue weighted by atomic mass is 10.3. The van der Waals surface area contributed by atoms with Crippen molar-refractivity contribution < 1.29 is 0 Å². The molecule has 1 nitrogen and oxygen atoms in total. The van der Waals surface area contributed by atoms with E-state index < -0.39 is 0 Å². The van der Waals surface area contributed by atoms with Gasteiger partial charge in [0.25, 0.3) is 0 Å². The molecule has 0 aromatic carbocycles. The van der Waals surface area contributed by atoms with E-state index in [9.17, 15) is 0 Å². The molecule has 0 bridgehead atoms. The van der Waals surface area contributed by atoms with Crippen LogP contribution in [0.15, 0.2) is 12.7 Å². The molecule has 52 valence electrons. The van der Waals surface area contributed by atoms with Crippen LogP contribution in [0, 0.1) is 0 Å². The SMILES string of the molecule is C=CC1CSC(C)(C)N1. The molecule has 0 spiro atoms. The van der Waals surface area contributed by atoms with E-state index in [2.05, 4.69) is 25.7 Å². The standard InChI is InChI=1S/C7H13NS/c1-4-6-5-9-7(2,3)8-6/h4,6,8H,1,5H2,2-3H3. The molecule has 0 aromatic heterocycles. The Hall–Kier alpha value is 0.0500. The highest BCUT2D eigenvalue weighted by Gasteiger charge is 2.28. The molecule has 1 fully saturated rings. The number of rotatable bonds is 1. The van der Waals surface area contributed by atoms with Gasteiger partial charge in [-0.15, -0.1) is 18.3 Å². The maximum atomic E-state index is 3.73. The maximum absolute atomic E-state index is 3.73. The average Bonchev–Trinajstić information content (AvgIpc) is 2.10. The van der Waals surface area contributed by atoms with Gasteiger partial charge >= 0.3 is 0 Å². The Balaban J connectivity index is 2.47. The first-order chi connectivity index (χ1) is 4.14. The Labute approximate surface area is 60.9 Å². The lowest BCUT2D eigenvalue weighted by molar-refractivity contribution is 0.544. The van der Waals surface area contributed by atoms with Crippen molar-refractivity contribution in [3.63, 3.8) is 0 Å². The first-order valence-electron chi connectivity index (χ1n) is 3.18. The molecule has 1 saturated heterocycles. The predicted molar refractivity (Wildman–Crippen MR) is 43.7 cm³/mol. The molecular weight excluding hydrogens is 130 g/mol. The zero-order chi connectivity index (χ0) is 6.91. The molecule has 1 N–H and O–H groups in total. The molecule has 0 amide bonds. The second kappa shape index (κ2) is 2.35. The van der Waals surface area contributed by atoms with Crippen LogP contribution in [0.5, 0.6) is 0 Å². The van der Waals surface area contributed by atoms with E-state index in [0.29, 0.717) is 6.04 Å². The van der Waals surface area contributed by atoms with Gasteiger partial charge in [-0.3, -0.25) is 5.32 Å². The maximum Gasteiger partial charge on any atom is 0.0593 e. The van der Waals surface area contributed by atoms with Gasteiger partial charge in [-0.25, -0.2) is 0 Å². The summed E-state index contributed by atoms with van der Waals surface area (Å²) in [6.45, 7) is 8.12. The molecule has 1 unspecified atom stereocenters. The first-order valence-corrected chi connectivity index (χ1v) is 4.17. The van der Waals surface area contributed by atoms with Gasteiger partial charge in [-0.1, -0.05) is 6.08 Å². The van der Waals surface area contributed by atoms with Gasteiger partial charge in [-0.2, -0.15) is 0 Å². The van der Waals surface area contributed by atoms with Gasteiger partial charge < -0.3 is 0 Å². The quantitative estimate of drug-likeness (QED) is 0.560. The fourth-order valence-electron chi connectivity index (χ4n) is 0.955. The van der Waals surface area contributed by atoms with Crippen LogP contribution < -0.4 is 5.32 Å². The summed E-state index contributed by atoms with van der Waals surface area (Å²) in [4.78, 5) is 0.263. The van der Waals surface area contributed by atoms with Crippen LogP contribution in [0.2, 0.25) is 0 Å². The molecule has 1 rings (SSSR count). The lowest BCUT2D eigenvalue weighted by Crippen LogP contribution is -2.35. The highest BCUT2D eigenvalue weighted by molar-refractivity contribution is 8.00. The Morgan fingerprint density at radius 3 is 2.67 bits per heavy atom. The van der Waals surface area contributed by atoms with Crippen molar-refractivity contribution in [1.29, 1.82) is 0 Å². The third-order valence-electron chi connectivity index (χ3n) is 1.44. The van der Waals surface area contributed by atoms with E-state index in [1.807, 2.05) is 17.8 Å². The minimum absolute atomic E-state index is 0.263. The topological polar surface area (TPSA) is 12.0 Å². The summed E-state index contributed by atoms with van der Waals surface area (Å²) in [5.74, 6) is 1.16. The Morgan fingerprint density at radius 2 is 2.44 bits per heavy atom. The van der Waals surface area contributed by atoms with Crippen LogP contribution in [0.3, 0.4) is 0 Å². The molecule has 0 aromatic rings. The van der Waals surface area contributed by atoms with Crippen LogP contribution in [-0.4, -0.2) is 16.7 Å². The summed E-state index contributed by atoms with van der Waals surface area (Å²) >= 11 is 1.95. The van der Waals surface area contributed by atoms with Crippen molar-refractivity contribution in [3.05, 3.63) is 12.7 Å². The van der Waals surface area contributed by atoms with Gasteiger partial charge in [0.2, 0.25) is 0 Å². The summed E-state index contributed by atoms with van der Waals surface area (Å²) in [7, 11) is 0. The summed E-state index contributed by atoms with van der Waals surface area (Å²) in [5.41, 5.74) is 0. The zero-order valence-electron chi connectivity index (χ0n) is 5.98. The van der Waals surface area contributed by atoms with Gasteiger partial charge in [-0.05, 0) is 13.8 Å². The fourth-order valence-corrected chi connectivity index (χ4v) is 2.01. The normalized spacial score (nSPS) is 32.4. The molecule has 0 radical (unpaired) electrons. The fraction of sp³-hybridized carbons (Fsp3) is 0.714. The van der Waals surface area contributed by atoms with E-state index in [1.165, 1.54) is 0 Å². The summed E-state index contributed by atoms with van der Waals surface area (Å²) in [5, 5.41) is 3.42. The second-order valence-corrected chi connectivity index (χ2v) is 4.45. The molecule has 9 heavy (non-hydrogen) atoms. The summed E-state index contributed by atoms with van der Waals surface area (Å²) in [6.07, 6.45) is 1.97. The van der Waals surface area contributed by atoms with E-state index in [-0.39, 0.29) is 4.87 Å². The molecule has 0 aliphatic carbocycles. The van der Waals surface area contributed by atoms with Crippen molar-refractivity contribution in [3.8, 4) is 0 Å². The monoisotopic (exact) mass is 143 g/mol. The van der Waals surface area contributed by atoms with Gasteiger partial charge in [0.15, 0.2) is 0 Å². The van der Waals surface area contributed by atoms with Crippen molar-refractivity contribution in [2.24, 2.45) is 0 Å². The molecule has 0 saturated carbocycles. The molecule has 1 aliphatic rings. The highest BCUT2D eigenvalue weighted by Crippen LogP contribution is 2.28. The highest BCUT2D eigenvalue weighted by atomic mass is 32.2. The molecule has 1 aliphatic heterocycles. The van der Waals surface area contributed by atoms with Gasteiger partial charge in [0.05, 0.1) is 4.87 Å². The zero-order valence-corrected chi connectivity index (χ0v) is 6.79. The van der Waals surface area contributed by atoms with Crippen molar-refractivity contribution in [2.75, 3.05) is 5.75 Å². The van der Waals surface area contributed by atoms with Crippen molar-refractivity contribution in [2.45, 2.75) is 24.8 Å². The van der Waals surface area contributed by atoms with Gasteiger partial charge in [0, 0.05) is 11.8 Å². The van der Waals surface area contributed by atoms with Crippen LogP contribution in [0.25, 0.3) is 0 Å². The molecule has 2 heteroatoms. The van der Waals surface area contributed by atoms with Crippen LogP contribution in [0.1, 0.15) is 13.8 Å². The Morgan fingerprint density at radius 1 is 1.78 bits per heavy atom. The third-order valence-corrected chi connectivity index (χ3v) is 2.81. The largest absolute Gasteiger partial charge is 0.296 e. The Bertz CT molecular complexity index is 120. The van der Waals surface area contributed by atoms with E-state index in [1.54, 1.807) is 0 Å².